The second-order valence-corrected chi connectivity index (χ2v) is 5.90. The molecule has 3 atom stereocenters. The van der Waals surface area contributed by atoms with Gasteiger partial charge in [0.1, 0.15) is 0 Å². The fraction of sp³-hybridized carbons (Fsp3) is 0.625. The molecule has 20 heavy (non-hydrogen) atoms. The first-order chi connectivity index (χ1) is 9.69. The Morgan fingerprint density at radius 2 is 2.10 bits per heavy atom. The summed E-state index contributed by atoms with van der Waals surface area (Å²) in [5, 5.41) is 0. The number of fused-ring (bicyclic) bond motifs is 1. The van der Waals surface area contributed by atoms with Gasteiger partial charge in [-0.2, -0.15) is 0 Å². The number of likely N-dealkylation sites (tertiary alicyclic amines) is 1. The number of ether oxygens (including phenoxy) is 2. The maximum absolute atomic E-state index is 6.41. The molecule has 3 unspecified atom stereocenters. The Morgan fingerprint density at radius 1 is 1.30 bits per heavy atom. The van der Waals surface area contributed by atoms with E-state index in [0.717, 1.165) is 23.6 Å². The zero-order valence-corrected chi connectivity index (χ0v) is 12.3. The Bertz CT molecular complexity index is 478. The minimum atomic E-state index is 0.0269. The smallest absolute Gasteiger partial charge is 0.231 e. The van der Waals surface area contributed by atoms with E-state index in [1.165, 1.54) is 19.3 Å². The molecule has 110 valence electrons. The van der Waals surface area contributed by atoms with Gasteiger partial charge in [-0.1, -0.05) is 13.0 Å². The highest BCUT2D eigenvalue weighted by Gasteiger charge is 2.30. The molecule has 1 aromatic rings. The highest BCUT2D eigenvalue weighted by molar-refractivity contribution is 5.45. The normalized spacial score (nSPS) is 26.9. The van der Waals surface area contributed by atoms with Crippen LogP contribution in [0.3, 0.4) is 0 Å². The van der Waals surface area contributed by atoms with E-state index in [-0.39, 0.29) is 6.04 Å². The molecule has 2 N–H and O–H groups in total. The van der Waals surface area contributed by atoms with Crippen molar-refractivity contribution in [3.63, 3.8) is 0 Å². The average Bonchev–Trinajstić information content (AvgIpc) is 3.05. The van der Waals surface area contributed by atoms with Crippen molar-refractivity contribution in [1.82, 2.24) is 4.90 Å². The van der Waals surface area contributed by atoms with Gasteiger partial charge in [-0.3, -0.25) is 4.90 Å². The molecule has 3 rings (SSSR count). The Balaban J connectivity index is 1.71. The molecule has 0 aliphatic carbocycles. The summed E-state index contributed by atoms with van der Waals surface area (Å²) in [4.78, 5) is 2.56. The van der Waals surface area contributed by atoms with Crippen molar-refractivity contribution in [1.29, 1.82) is 0 Å². The lowest BCUT2D eigenvalue weighted by molar-refractivity contribution is 0.173. The molecule has 0 saturated carbocycles. The number of rotatable bonds is 4. The van der Waals surface area contributed by atoms with Crippen molar-refractivity contribution in [3.8, 4) is 11.5 Å². The van der Waals surface area contributed by atoms with Crippen LogP contribution in [0.5, 0.6) is 11.5 Å². The number of hydrogen-bond acceptors (Lipinski definition) is 4. The lowest BCUT2D eigenvalue weighted by Crippen LogP contribution is -2.39. The van der Waals surface area contributed by atoms with Gasteiger partial charge in [0.25, 0.3) is 0 Å². The quantitative estimate of drug-likeness (QED) is 0.918. The number of nitrogens with zero attached hydrogens (tertiary/aromatic N) is 1. The third-order valence-corrected chi connectivity index (χ3v) is 4.66. The molecule has 1 fully saturated rings. The summed E-state index contributed by atoms with van der Waals surface area (Å²) in [6, 6.07) is 7.39. The summed E-state index contributed by atoms with van der Waals surface area (Å²) in [7, 11) is 0. The predicted molar refractivity (Wildman–Crippen MR) is 79.0 cm³/mol. The standard InChI is InChI=1S/C16H24N2O2/c1-3-13-6-4-11(2)18(13)9-14(17)12-5-7-15-16(8-12)20-10-19-15/h5,7-8,11,13-14H,3-4,6,9-10,17H2,1-2H3. The monoisotopic (exact) mass is 276 g/mol. The van der Waals surface area contributed by atoms with Crippen LogP contribution in [0.4, 0.5) is 0 Å². The van der Waals surface area contributed by atoms with E-state index in [0.29, 0.717) is 18.9 Å². The van der Waals surface area contributed by atoms with Crippen LogP contribution < -0.4 is 15.2 Å². The third-order valence-electron chi connectivity index (χ3n) is 4.66. The third kappa shape index (κ3) is 2.50. The van der Waals surface area contributed by atoms with Crippen LogP contribution in [0.1, 0.15) is 44.7 Å². The summed E-state index contributed by atoms with van der Waals surface area (Å²) in [6.45, 7) is 5.80. The molecule has 0 aromatic heterocycles. The Hall–Kier alpha value is -1.26. The molecular formula is C16H24N2O2. The van der Waals surface area contributed by atoms with Gasteiger partial charge in [0, 0.05) is 24.7 Å². The lowest BCUT2D eigenvalue weighted by Gasteiger charge is -2.30. The van der Waals surface area contributed by atoms with E-state index in [4.69, 9.17) is 15.2 Å². The van der Waals surface area contributed by atoms with E-state index < -0.39 is 0 Å². The summed E-state index contributed by atoms with van der Waals surface area (Å²) in [6.07, 6.45) is 3.79. The summed E-state index contributed by atoms with van der Waals surface area (Å²) >= 11 is 0. The van der Waals surface area contributed by atoms with E-state index in [2.05, 4.69) is 24.8 Å². The summed E-state index contributed by atoms with van der Waals surface area (Å²) in [5.74, 6) is 1.64. The fourth-order valence-electron chi connectivity index (χ4n) is 3.37. The van der Waals surface area contributed by atoms with Gasteiger partial charge in [0.2, 0.25) is 6.79 Å². The van der Waals surface area contributed by atoms with E-state index in [1.807, 2.05) is 12.1 Å². The van der Waals surface area contributed by atoms with E-state index in [1.54, 1.807) is 0 Å². The zero-order chi connectivity index (χ0) is 14.1. The minimum absolute atomic E-state index is 0.0269. The number of benzene rings is 1. The molecule has 1 saturated heterocycles. The molecule has 2 aliphatic rings. The lowest BCUT2D eigenvalue weighted by atomic mass is 10.1. The van der Waals surface area contributed by atoms with Crippen molar-refractivity contribution < 1.29 is 9.47 Å². The molecule has 4 nitrogen and oxygen atoms in total. The van der Waals surface area contributed by atoms with Crippen molar-refractivity contribution in [2.24, 2.45) is 5.73 Å². The van der Waals surface area contributed by atoms with Crippen LogP contribution in [-0.2, 0) is 0 Å². The zero-order valence-electron chi connectivity index (χ0n) is 12.3. The molecule has 0 bridgehead atoms. The van der Waals surface area contributed by atoms with Crippen LogP contribution in [-0.4, -0.2) is 30.3 Å². The number of nitrogens with two attached hydrogens (primary N) is 1. The van der Waals surface area contributed by atoms with Crippen molar-refractivity contribution in [2.45, 2.75) is 51.2 Å². The van der Waals surface area contributed by atoms with Crippen molar-refractivity contribution in [3.05, 3.63) is 23.8 Å². The number of hydrogen-bond donors (Lipinski definition) is 1. The van der Waals surface area contributed by atoms with Gasteiger partial charge in [-0.15, -0.1) is 0 Å². The second kappa shape index (κ2) is 5.62. The predicted octanol–water partition coefficient (Wildman–Crippen LogP) is 2.68. The van der Waals surface area contributed by atoms with Crippen LogP contribution in [0.15, 0.2) is 18.2 Å². The van der Waals surface area contributed by atoms with Crippen LogP contribution in [0.25, 0.3) is 0 Å². The highest BCUT2D eigenvalue weighted by atomic mass is 16.7. The van der Waals surface area contributed by atoms with Gasteiger partial charge < -0.3 is 15.2 Å². The summed E-state index contributed by atoms with van der Waals surface area (Å²) < 4.78 is 10.8. The topological polar surface area (TPSA) is 47.7 Å². The van der Waals surface area contributed by atoms with Crippen LogP contribution in [0.2, 0.25) is 0 Å². The SMILES string of the molecule is CCC1CCC(C)N1CC(N)c1ccc2c(c1)OCO2. The maximum Gasteiger partial charge on any atom is 0.231 e. The Labute approximate surface area is 120 Å². The van der Waals surface area contributed by atoms with Gasteiger partial charge in [-0.05, 0) is 43.9 Å². The van der Waals surface area contributed by atoms with E-state index in [9.17, 15) is 0 Å². The average molecular weight is 276 g/mol. The molecule has 0 spiro atoms. The molecular weight excluding hydrogens is 252 g/mol. The summed E-state index contributed by atoms with van der Waals surface area (Å²) in [5.41, 5.74) is 7.54. The first-order valence-electron chi connectivity index (χ1n) is 7.60. The molecule has 0 amide bonds. The van der Waals surface area contributed by atoms with Crippen molar-refractivity contribution in [2.75, 3.05) is 13.3 Å². The molecule has 2 aliphatic heterocycles. The van der Waals surface area contributed by atoms with Crippen molar-refractivity contribution >= 4 is 0 Å². The Kier molecular flexibility index (Phi) is 3.85. The first kappa shape index (κ1) is 13.7. The van der Waals surface area contributed by atoms with Crippen LogP contribution >= 0.6 is 0 Å². The molecule has 1 aromatic carbocycles. The van der Waals surface area contributed by atoms with Gasteiger partial charge >= 0.3 is 0 Å². The minimum Gasteiger partial charge on any atom is -0.454 e. The molecule has 0 radical (unpaired) electrons. The molecule has 4 heteroatoms. The molecule has 2 heterocycles. The van der Waals surface area contributed by atoms with Gasteiger partial charge in [0.05, 0.1) is 0 Å². The van der Waals surface area contributed by atoms with Gasteiger partial charge in [0.15, 0.2) is 11.5 Å². The van der Waals surface area contributed by atoms with Crippen LogP contribution in [0, 0.1) is 0 Å². The highest BCUT2D eigenvalue weighted by Crippen LogP contribution is 2.35. The Morgan fingerprint density at radius 3 is 2.90 bits per heavy atom. The second-order valence-electron chi connectivity index (χ2n) is 5.90. The van der Waals surface area contributed by atoms with E-state index >= 15 is 0 Å². The largest absolute Gasteiger partial charge is 0.454 e. The fourth-order valence-corrected chi connectivity index (χ4v) is 3.37. The maximum atomic E-state index is 6.41. The first-order valence-corrected chi connectivity index (χ1v) is 7.60. The van der Waals surface area contributed by atoms with Gasteiger partial charge in [-0.25, -0.2) is 0 Å².